The third-order valence-corrected chi connectivity index (χ3v) is 4.56. The molecule has 0 spiro atoms. The summed E-state index contributed by atoms with van der Waals surface area (Å²) in [7, 11) is 1.65. The van der Waals surface area contributed by atoms with Crippen LogP contribution in [0.1, 0.15) is 24.5 Å². The first kappa shape index (κ1) is 18.1. The minimum atomic E-state index is 0.396. The van der Waals surface area contributed by atoms with Crippen LogP contribution in [0.5, 0.6) is 11.5 Å². The molecule has 0 saturated carbocycles. The normalized spacial score (nSPS) is 10.6. The van der Waals surface area contributed by atoms with Crippen molar-refractivity contribution in [3.05, 3.63) is 57.0 Å². The molecule has 2 rings (SSSR count). The number of methoxy groups -OCH3 is 1. The maximum Gasteiger partial charge on any atom is 0.167 e. The number of nitrogens with one attached hydrogen (secondary N) is 1. The molecule has 124 valence electrons. The fourth-order valence-corrected chi connectivity index (χ4v) is 2.86. The number of benzene rings is 2. The van der Waals surface area contributed by atoms with Crippen molar-refractivity contribution in [2.24, 2.45) is 0 Å². The van der Waals surface area contributed by atoms with E-state index >= 15 is 0 Å². The lowest BCUT2D eigenvalue weighted by atomic mass is 10.1. The molecule has 23 heavy (non-hydrogen) atoms. The highest BCUT2D eigenvalue weighted by Gasteiger charge is 2.15. The van der Waals surface area contributed by atoms with Gasteiger partial charge in [-0.1, -0.05) is 52.7 Å². The highest BCUT2D eigenvalue weighted by molar-refractivity contribution is 9.10. The molecule has 0 aromatic heterocycles. The fraction of sp³-hybridized carbons (Fsp3) is 0.333. The van der Waals surface area contributed by atoms with Crippen LogP contribution in [0.25, 0.3) is 0 Å². The van der Waals surface area contributed by atoms with Gasteiger partial charge in [0.05, 0.1) is 7.11 Å². The summed E-state index contributed by atoms with van der Waals surface area (Å²) in [6.07, 6.45) is 1.08. The minimum absolute atomic E-state index is 0.396. The van der Waals surface area contributed by atoms with Crippen LogP contribution >= 0.6 is 27.5 Å². The summed E-state index contributed by atoms with van der Waals surface area (Å²) in [5.74, 6) is 1.46. The van der Waals surface area contributed by atoms with Gasteiger partial charge in [0.15, 0.2) is 11.5 Å². The van der Waals surface area contributed by atoms with Crippen LogP contribution in [0.3, 0.4) is 0 Å². The van der Waals surface area contributed by atoms with E-state index in [2.05, 4.69) is 28.2 Å². The lowest BCUT2D eigenvalue weighted by Crippen LogP contribution is -2.15. The molecule has 0 saturated heterocycles. The van der Waals surface area contributed by atoms with E-state index in [0.717, 1.165) is 34.3 Å². The number of hydrogen-bond acceptors (Lipinski definition) is 3. The molecule has 0 aliphatic carbocycles. The predicted molar refractivity (Wildman–Crippen MR) is 98.5 cm³/mol. The van der Waals surface area contributed by atoms with Gasteiger partial charge in [-0.05, 0) is 31.2 Å². The first-order valence-corrected chi connectivity index (χ1v) is 8.76. The van der Waals surface area contributed by atoms with Crippen molar-refractivity contribution in [3.8, 4) is 11.5 Å². The average molecular weight is 399 g/mol. The summed E-state index contributed by atoms with van der Waals surface area (Å²) >= 11 is 9.81. The van der Waals surface area contributed by atoms with Crippen molar-refractivity contribution in [2.75, 3.05) is 13.7 Å². The SMILES string of the molecule is CCCNCc1c(Br)ccc(OC)c1OCc1ccccc1Cl. The maximum atomic E-state index is 6.20. The molecule has 0 aliphatic heterocycles. The van der Waals surface area contributed by atoms with E-state index in [-0.39, 0.29) is 0 Å². The second kappa shape index (κ2) is 9.16. The Kier molecular flexibility index (Phi) is 7.21. The molecule has 2 aromatic carbocycles. The van der Waals surface area contributed by atoms with Crippen LogP contribution in [0, 0.1) is 0 Å². The summed E-state index contributed by atoms with van der Waals surface area (Å²) in [6.45, 7) is 4.20. The molecule has 2 aromatic rings. The Hall–Kier alpha value is -1.23. The second-order valence-corrected chi connectivity index (χ2v) is 6.38. The topological polar surface area (TPSA) is 30.5 Å². The first-order chi connectivity index (χ1) is 11.2. The molecule has 0 heterocycles. The third-order valence-electron chi connectivity index (χ3n) is 3.45. The number of rotatable bonds is 8. The first-order valence-electron chi connectivity index (χ1n) is 7.59. The lowest BCUT2D eigenvalue weighted by molar-refractivity contribution is 0.280. The summed E-state index contributed by atoms with van der Waals surface area (Å²) in [5, 5.41) is 4.10. The zero-order valence-corrected chi connectivity index (χ0v) is 15.7. The fourth-order valence-electron chi connectivity index (χ4n) is 2.22. The quantitative estimate of drug-likeness (QED) is 0.621. The maximum absolute atomic E-state index is 6.20. The Balaban J connectivity index is 2.23. The predicted octanol–water partition coefficient (Wildman–Crippen LogP) is 5.19. The Bertz CT molecular complexity index is 649. The van der Waals surface area contributed by atoms with Crippen LogP contribution in [0.2, 0.25) is 5.02 Å². The van der Waals surface area contributed by atoms with Gasteiger partial charge in [0.1, 0.15) is 6.61 Å². The van der Waals surface area contributed by atoms with E-state index in [0.29, 0.717) is 23.9 Å². The van der Waals surface area contributed by atoms with Gasteiger partial charge < -0.3 is 14.8 Å². The van der Waals surface area contributed by atoms with Gasteiger partial charge in [-0.25, -0.2) is 0 Å². The smallest absolute Gasteiger partial charge is 0.167 e. The van der Waals surface area contributed by atoms with Crippen LogP contribution in [-0.4, -0.2) is 13.7 Å². The molecule has 3 nitrogen and oxygen atoms in total. The molecular formula is C18H21BrClNO2. The molecule has 0 radical (unpaired) electrons. The van der Waals surface area contributed by atoms with Gasteiger partial charge in [-0.2, -0.15) is 0 Å². The van der Waals surface area contributed by atoms with E-state index in [9.17, 15) is 0 Å². The lowest BCUT2D eigenvalue weighted by Gasteiger charge is -2.17. The van der Waals surface area contributed by atoms with Gasteiger partial charge in [-0.15, -0.1) is 0 Å². The Labute approximate surface area is 151 Å². The largest absolute Gasteiger partial charge is 0.493 e. The molecule has 5 heteroatoms. The zero-order valence-electron chi connectivity index (χ0n) is 13.4. The van der Waals surface area contributed by atoms with E-state index in [1.165, 1.54) is 0 Å². The van der Waals surface area contributed by atoms with E-state index < -0.39 is 0 Å². The highest BCUT2D eigenvalue weighted by atomic mass is 79.9. The highest BCUT2D eigenvalue weighted by Crippen LogP contribution is 2.37. The summed E-state index contributed by atoms with van der Waals surface area (Å²) in [6, 6.07) is 11.6. The van der Waals surface area contributed by atoms with Crippen LogP contribution < -0.4 is 14.8 Å². The molecule has 0 atom stereocenters. The molecule has 0 fully saturated rings. The van der Waals surface area contributed by atoms with Crippen molar-refractivity contribution in [1.29, 1.82) is 0 Å². The molecular weight excluding hydrogens is 378 g/mol. The molecule has 0 amide bonds. The van der Waals surface area contributed by atoms with E-state index in [1.54, 1.807) is 7.11 Å². The minimum Gasteiger partial charge on any atom is -0.493 e. The van der Waals surface area contributed by atoms with Gasteiger partial charge in [0.25, 0.3) is 0 Å². The molecule has 0 bridgehead atoms. The van der Waals surface area contributed by atoms with Crippen molar-refractivity contribution in [2.45, 2.75) is 26.5 Å². The second-order valence-electron chi connectivity index (χ2n) is 5.11. The van der Waals surface area contributed by atoms with Gasteiger partial charge >= 0.3 is 0 Å². The summed E-state index contributed by atoms with van der Waals surface area (Å²) < 4.78 is 12.5. The molecule has 0 unspecified atom stereocenters. The third kappa shape index (κ3) is 4.87. The van der Waals surface area contributed by atoms with Crippen LogP contribution in [-0.2, 0) is 13.2 Å². The Morgan fingerprint density at radius 1 is 1.17 bits per heavy atom. The summed E-state index contributed by atoms with van der Waals surface area (Å²) in [5.41, 5.74) is 1.99. The summed E-state index contributed by atoms with van der Waals surface area (Å²) in [4.78, 5) is 0. The Morgan fingerprint density at radius 2 is 1.96 bits per heavy atom. The number of ether oxygens (including phenoxy) is 2. The van der Waals surface area contributed by atoms with Crippen LogP contribution in [0.4, 0.5) is 0 Å². The van der Waals surface area contributed by atoms with Gasteiger partial charge in [0, 0.05) is 27.2 Å². The number of hydrogen-bond donors (Lipinski definition) is 1. The van der Waals surface area contributed by atoms with Gasteiger partial charge in [0.2, 0.25) is 0 Å². The monoisotopic (exact) mass is 397 g/mol. The number of halogens is 2. The van der Waals surface area contributed by atoms with Crippen molar-refractivity contribution in [3.63, 3.8) is 0 Å². The zero-order chi connectivity index (χ0) is 16.7. The molecule has 1 N–H and O–H groups in total. The van der Waals surface area contributed by atoms with E-state index in [1.807, 2.05) is 36.4 Å². The van der Waals surface area contributed by atoms with E-state index in [4.69, 9.17) is 21.1 Å². The van der Waals surface area contributed by atoms with Crippen LogP contribution in [0.15, 0.2) is 40.9 Å². The Morgan fingerprint density at radius 3 is 2.65 bits per heavy atom. The standard InChI is InChI=1S/C18H21BrClNO2/c1-3-10-21-11-14-15(19)8-9-17(22-2)18(14)23-12-13-6-4-5-7-16(13)20/h4-9,21H,3,10-12H2,1-2H3. The van der Waals surface area contributed by atoms with Gasteiger partial charge in [-0.3, -0.25) is 0 Å². The average Bonchev–Trinajstić information content (AvgIpc) is 2.56. The van der Waals surface area contributed by atoms with Crippen molar-refractivity contribution < 1.29 is 9.47 Å². The van der Waals surface area contributed by atoms with Crippen molar-refractivity contribution >= 4 is 27.5 Å². The van der Waals surface area contributed by atoms with Crippen molar-refractivity contribution in [1.82, 2.24) is 5.32 Å². The molecule has 0 aliphatic rings.